The van der Waals surface area contributed by atoms with E-state index in [0.717, 1.165) is 25.9 Å². The van der Waals surface area contributed by atoms with Crippen molar-refractivity contribution in [3.05, 3.63) is 0 Å². The summed E-state index contributed by atoms with van der Waals surface area (Å²) in [6, 6.07) is 0. The summed E-state index contributed by atoms with van der Waals surface area (Å²) in [6.07, 6.45) is 2.20. The van der Waals surface area contributed by atoms with E-state index in [1.165, 1.54) is 0 Å². The first-order chi connectivity index (χ1) is 7.24. The molecule has 0 bridgehead atoms. The third-order valence-corrected chi connectivity index (χ3v) is 4.58. The van der Waals surface area contributed by atoms with E-state index in [0.29, 0.717) is 5.41 Å². The molecule has 1 aliphatic heterocycles. The monoisotopic (exact) mass is 225 g/mol. The van der Waals surface area contributed by atoms with Crippen LogP contribution in [-0.4, -0.2) is 36.6 Å². The van der Waals surface area contributed by atoms with Gasteiger partial charge >= 0.3 is 0 Å². The molecule has 1 amide bonds. The number of ether oxygens (including phenoxy) is 1. The molecule has 0 aromatic rings. The maximum Gasteiger partial charge on any atom is 0.219 e. The lowest BCUT2D eigenvalue weighted by Gasteiger charge is -2.67. The van der Waals surface area contributed by atoms with Crippen LogP contribution in [0.15, 0.2) is 0 Å². The standard InChI is InChI=1S/C13H23NO2/c1-10(15)14-8-12(9-14)6-13(7-12,16-5)11(2,3)4/h6-9H2,1-5H3. The highest BCUT2D eigenvalue weighted by Gasteiger charge is 2.64. The van der Waals surface area contributed by atoms with E-state index >= 15 is 0 Å². The highest BCUT2D eigenvalue weighted by Crippen LogP contribution is 2.61. The highest BCUT2D eigenvalue weighted by molar-refractivity contribution is 5.74. The van der Waals surface area contributed by atoms with Crippen LogP contribution in [0.25, 0.3) is 0 Å². The third-order valence-electron chi connectivity index (χ3n) is 4.58. The lowest BCUT2D eigenvalue weighted by atomic mass is 9.48. The molecule has 1 spiro atoms. The smallest absolute Gasteiger partial charge is 0.219 e. The molecule has 0 radical (unpaired) electrons. The summed E-state index contributed by atoms with van der Waals surface area (Å²) in [4.78, 5) is 13.1. The first-order valence-electron chi connectivity index (χ1n) is 6.04. The number of hydrogen-bond acceptors (Lipinski definition) is 2. The Balaban J connectivity index is 1.97. The maximum absolute atomic E-state index is 11.2. The lowest BCUT2D eigenvalue weighted by Crippen LogP contribution is -2.72. The Morgan fingerprint density at radius 1 is 1.25 bits per heavy atom. The second kappa shape index (κ2) is 3.22. The molecular formula is C13H23NO2. The molecule has 1 saturated carbocycles. The van der Waals surface area contributed by atoms with Crippen LogP contribution in [0.3, 0.4) is 0 Å². The molecule has 0 unspecified atom stereocenters. The van der Waals surface area contributed by atoms with Crippen LogP contribution in [0.1, 0.15) is 40.5 Å². The Bertz CT molecular complexity index is 302. The van der Waals surface area contributed by atoms with Gasteiger partial charge in [0.05, 0.1) is 5.60 Å². The van der Waals surface area contributed by atoms with Gasteiger partial charge in [0.1, 0.15) is 0 Å². The van der Waals surface area contributed by atoms with Crippen molar-refractivity contribution in [2.24, 2.45) is 10.8 Å². The average Bonchev–Trinajstić information content (AvgIpc) is 1.96. The van der Waals surface area contributed by atoms with Crippen LogP contribution >= 0.6 is 0 Å². The number of methoxy groups -OCH3 is 1. The van der Waals surface area contributed by atoms with Crippen molar-refractivity contribution in [2.45, 2.75) is 46.1 Å². The van der Waals surface area contributed by atoms with Gasteiger partial charge in [0.25, 0.3) is 0 Å². The summed E-state index contributed by atoms with van der Waals surface area (Å²) in [7, 11) is 1.82. The third kappa shape index (κ3) is 1.48. The summed E-state index contributed by atoms with van der Waals surface area (Å²) >= 11 is 0. The van der Waals surface area contributed by atoms with Gasteiger partial charge in [0.15, 0.2) is 0 Å². The Hall–Kier alpha value is -0.570. The molecule has 2 rings (SSSR count). The highest BCUT2D eigenvalue weighted by atomic mass is 16.5. The molecule has 92 valence electrons. The fraction of sp³-hybridized carbons (Fsp3) is 0.923. The fourth-order valence-electron chi connectivity index (χ4n) is 3.35. The predicted octanol–water partition coefficient (Wildman–Crippen LogP) is 2.06. The molecule has 2 aliphatic rings. The Labute approximate surface area is 98.1 Å². The number of rotatable bonds is 1. The van der Waals surface area contributed by atoms with Crippen molar-refractivity contribution in [3.8, 4) is 0 Å². The predicted molar refractivity (Wildman–Crippen MR) is 63.1 cm³/mol. The van der Waals surface area contributed by atoms with Gasteiger partial charge in [-0.15, -0.1) is 0 Å². The normalized spacial score (nSPS) is 26.2. The first kappa shape index (κ1) is 11.9. The first-order valence-corrected chi connectivity index (χ1v) is 6.04. The topological polar surface area (TPSA) is 29.5 Å². The van der Waals surface area contributed by atoms with Crippen LogP contribution < -0.4 is 0 Å². The second-order valence-corrected chi connectivity index (χ2v) is 6.68. The largest absolute Gasteiger partial charge is 0.378 e. The van der Waals surface area contributed by atoms with Crippen LogP contribution in [0, 0.1) is 10.8 Å². The van der Waals surface area contributed by atoms with Crippen molar-refractivity contribution in [2.75, 3.05) is 20.2 Å². The van der Waals surface area contributed by atoms with E-state index in [2.05, 4.69) is 20.8 Å². The number of carbonyl (C=O) groups excluding carboxylic acids is 1. The number of hydrogen-bond donors (Lipinski definition) is 0. The van der Waals surface area contributed by atoms with Crippen molar-refractivity contribution >= 4 is 5.91 Å². The van der Waals surface area contributed by atoms with E-state index in [4.69, 9.17) is 4.74 Å². The van der Waals surface area contributed by atoms with E-state index in [1.54, 1.807) is 6.92 Å². The van der Waals surface area contributed by atoms with Gasteiger partial charge in [0, 0.05) is 32.5 Å². The van der Waals surface area contributed by atoms with E-state index in [9.17, 15) is 4.79 Å². The minimum Gasteiger partial charge on any atom is -0.378 e. The molecule has 1 aliphatic carbocycles. The van der Waals surface area contributed by atoms with E-state index in [1.807, 2.05) is 12.0 Å². The molecule has 0 aromatic heterocycles. The molecular weight excluding hydrogens is 202 g/mol. The van der Waals surface area contributed by atoms with Crippen molar-refractivity contribution in [1.29, 1.82) is 0 Å². The number of nitrogens with zero attached hydrogens (tertiary/aromatic N) is 1. The summed E-state index contributed by atoms with van der Waals surface area (Å²) in [5.74, 6) is 0.205. The fourth-order valence-corrected chi connectivity index (χ4v) is 3.35. The zero-order chi connectivity index (χ0) is 12.2. The maximum atomic E-state index is 11.2. The van der Waals surface area contributed by atoms with Gasteiger partial charge in [-0.25, -0.2) is 0 Å². The Morgan fingerprint density at radius 2 is 1.75 bits per heavy atom. The second-order valence-electron chi connectivity index (χ2n) is 6.68. The number of likely N-dealkylation sites (tertiary alicyclic amines) is 1. The molecule has 0 aromatic carbocycles. The summed E-state index contributed by atoms with van der Waals surface area (Å²) in [6.45, 7) is 10.2. The van der Waals surface area contributed by atoms with Gasteiger partial charge in [-0.1, -0.05) is 20.8 Å². The van der Waals surface area contributed by atoms with Crippen molar-refractivity contribution in [3.63, 3.8) is 0 Å². The van der Waals surface area contributed by atoms with Crippen molar-refractivity contribution < 1.29 is 9.53 Å². The Kier molecular flexibility index (Phi) is 2.40. The minimum absolute atomic E-state index is 0.0237. The summed E-state index contributed by atoms with van der Waals surface area (Å²) < 4.78 is 5.76. The Morgan fingerprint density at radius 3 is 2.06 bits per heavy atom. The van der Waals surface area contributed by atoms with E-state index < -0.39 is 0 Å². The van der Waals surface area contributed by atoms with Gasteiger partial charge in [0.2, 0.25) is 5.91 Å². The quantitative estimate of drug-likeness (QED) is 0.683. The van der Waals surface area contributed by atoms with Crippen LogP contribution in [0.5, 0.6) is 0 Å². The molecule has 3 nitrogen and oxygen atoms in total. The molecule has 3 heteroatoms. The number of carbonyl (C=O) groups is 1. The summed E-state index contributed by atoms with van der Waals surface area (Å²) in [5, 5.41) is 0. The summed E-state index contributed by atoms with van der Waals surface area (Å²) in [5.41, 5.74) is 0.578. The van der Waals surface area contributed by atoms with Crippen LogP contribution in [-0.2, 0) is 9.53 Å². The van der Waals surface area contributed by atoms with Gasteiger partial charge < -0.3 is 9.64 Å². The average molecular weight is 225 g/mol. The SMILES string of the molecule is COC1(C(C)(C)C)CC2(CN(C(C)=O)C2)C1. The minimum atomic E-state index is 0.0237. The zero-order valence-corrected chi connectivity index (χ0v) is 11.1. The van der Waals surface area contributed by atoms with Gasteiger partial charge in [-0.2, -0.15) is 0 Å². The van der Waals surface area contributed by atoms with Gasteiger partial charge in [-0.3, -0.25) is 4.79 Å². The van der Waals surface area contributed by atoms with Crippen molar-refractivity contribution in [1.82, 2.24) is 4.90 Å². The number of amides is 1. The molecule has 0 N–H and O–H groups in total. The van der Waals surface area contributed by atoms with E-state index in [-0.39, 0.29) is 16.9 Å². The molecule has 1 heterocycles. The van der Waals surface area contributed by atoms with Gasteiger partial charge in [-0.05, 0) is 18.3 Å². The lowest BCUT2D eigenvalue weighted by molar-refractivity contribution is -0.243. The molecule has 2 fully saturated rings. The molecule has 0 atom stereocenters. The zero-order valence-electron chi connectivity index (χ0n) is 11.1. The van der Waals surface area contributed by atoms with Crippen LogP contribution in [0.2, 0.25) is 0 Å². The van der Waals surface area contributed by atoms with Crippen LogP contribution in [0.4, 0.5) is 0 Å². The molecule has 1 saturated heterocycles. The molecule has 16 heavy (non-hydrogen) atoms.